The highest BCUT2D eigenvalue weighted by Crippen LogP contribution is 2.43. The molecule has 0 radical (unpaired) electrons. The van der Waals surface area contributed by atoms with Crippen LogP contribution in [-0.4, -0.2) is 18.6 Å². The van der Waals surface area contributed by atoms with E-state index in [0.717, 1.165) is 28.2 Å². The van der Waals surface area contributed by atoms with Gasteiger partial charge in [0.15, 0.2) is 0 Å². The molecule has 2 saturated carbocycles. The summed E-state index contributed by atoms with van der Waals surface area (Å²) in [5.41, 5.74) is 8.47. The summed E-state index contributed by atoms with van der Waals surface area (Å²) >= 11 is 3.49. The molecule has 132 valence electrons. The maximum Gasteiger partial charge on any atom is 0.119 e. The van der Waals surface area contributed by atoms with Crippen LogP contribution in [0, 0.1) is 5.92 Å². The van der Waals surface area contributed by atoms with E-state index in [-0.39, 0.29) is 0 Å². The Kier molecular flexibility index (Phi) is 5.11. The smallest absolute Gasteiger partial charge is 0.119 e. The lowest BCUT2D eigenvalue weighted by atomic mass is 10.1. The Morgan fingerprint density at radius 2 is 1.96 bits per heavy atom. The summed E-state index contributed by atoms with van der Waals surface area (Å²) in [6, 6.07) is 17.9. The molecule has 0 aromatic heterocycles. The van der Waals surface area contributed by atoms with Gasteiger partial charge < -0.3 is 15.8 Å². The molecule has 3 nitrogen and oxygen atoms in total. The van der Waals surface area contributed by atoms with Crippen molar-refractivity contribution in [1.82, 2.24) is 5.32 Å². The Bertz CT molecular complexity index is 714. The number of hydrogen-bond acceptors (Lipinski definition) is 3. The van der Waals surface area contributed by atoms with E-state index in [9.17, 15) is 0 Å². The molecule has 3 atom stereocenters. The van der Waals surface area contributed by atoms with E-state index in [0.29, 0.717) is 24.6 Å². The molecule has 0 bridgehead atoms. The molecule has 0 spiro atoms. The zero-order chi connectivity index (χ0) is 17.2. The Balaban J connectivity index is 1.29. The van der Waals surface area contributed by atoms with Crippen molar-refractivity contribution in [1.29, 1.82) is 0 Å². The van der Waals surface area contributed by atoms with E-state index in [2.05, 4.69) is 57.6 Å². The quantitative estimate of drug-likeness (QED) is 0.697. The van der Waals surface area contributed by atoms with Crippen molar-refractivity contribution < 1.29 is 4.74 Å². The molecule has 0 heterocycles. The minimum absolute atomic E-state index is 0.516. The zero-order valence-electron chi connectivity index (χ0n) is 14.3. The Morgan fingerprint density at radius 1 is 1.16 bits per heavy atom. The standard InChI is InChI=1S/C21H25BrN2O/c22-17-3-1-2-14(10-17)13-25-18-8-6-15(7-9-18)19-11-20(19)24-21(12-23)16-4-5-16/h1-3,6-10,16,19-21,24H,4-5,11-13,23H2/t19-,20+,21?/m0/s1. The molecule has 4 heteroatoms. The largest absolute Gasteiger partial charge is 0.489 e. The fourth-order valence-corrected chi connectivity index (χ4v) is 3.97. The summed E-state index contributed by atoms with van der Waals surface area (Å²) in [5.74, 6) is 2.37. The Hall–Kier alpha value is -1.36. The number of ether oxygens (including phenoxy) is 1. The summed E-state index contributed by atoms with van der Waals surface area (Å²) in [6.07, 6.45) is 3.91. The number of rotatable bonds is 8. The van der Waals surface area contributed by atoms with Crippen molar-refractivity contribution >= 4 is 15.9 Å². The van der Waals surface area contributed by atoms with Crippen molar-refractivity contribution in [3.8, 4) is 5.75 Å². The first-order valence-corrected chi connectivity index (χ1v) is 9.95. The minimum Gasteiger partial charge on any atom is -0.489 e. The topological polar surface area (TPSA) is 47.3 Å². The van der Waals surface area contributed by atoms with Crippen molar-refractivity contribution in [2.75, 3.05) is 6.54 Å². The highest BCUT2D eigenvalue weighted by atomic mass is 79.9. The van der Waals surface area contributed by atoms with Crippen LogP contribution in [-0.2, 0) is 6.61 Å². The molecule has 4 rings (SSSR count). The second kappa shape index (κ2) is 7.48. The van der Waals surface area contributed by atoms with Crippen LogP contribution in [0.2, 0.25) is 0 Å². The van der Waals surface area contributed by atoms with Gasteiger partial charge in [0, 0.05) is 29.0 Å². The van der Waals surface area contributed by atoms with Gasteiger partial charge >= 0.3 is 0 Å². The zero-order valence-corrected chi connectivity index (χ0v) is 15.9. The first-order chi connectivity index (χ1) is 12.2. The number of nitrogens with two attached hydrogens (primary N) is 1. The summed E-state index contributed by atoms with van der Waals surface area (Å²) < 4.78 is 6.98. The lowest BCUT2D eigenvalue weighted by Gasteiger charge is -2.16. The van der Waals surface area contributed by atoms with Crippen LogP contribution in [0.5, 0.6) is 5.75 Å². The highest BCUT2D eigenvalue weighted by molar-refractivity contribution is 9.10. The van der Waals surface area contributed by atoms with Crippen LogP contribution in [0.4, 0.5) is 0 Å². The molecule has 2 aromatic carbocycles. The monoisotopic (exact) mass is 400 g/mol. The second-order valence-electron chi connectivity index (χ2n) is 7.28. The molecule has 0 saturated heterocycles. The Labute approximate surface area is 158 Å². The first kappa shape index (κ1) is 17.1. The van der Waals surface area contributed by atoms with Crippen LogP contribution >= 0.6 is 15.9 Å². The molecule has 25 heavy (non-hydrogen) atoms. The van der Waals surface area contributed by atoms with Crippen LogP contribution in [0.15, 0.2) is 53.0 Å². The highest BCUT2D eigenvalue weighted by Gasteiger charge is 2.42. The van der Waals surface area contributed by atoms with Crippen LogP contribution in [0.3, 0.4) is 0 Å². The third-order valence-corrected chi connectivity index (χ3v) is 5.76. The van der Waals surface area contributed by atoms with Gasteiger partial charge in [0.05, 0.1) is 0 Å². The lowest BCUT2D eigenvalue weighted by Crippen LogP contribution is -2.39. The predicted octanol–water partition coefficient (Wildman–Crippen LogP) is 4.21. The van der Waals surface area contributed by atoms with Crippen molar-refractivity contribution in [2.45, 2.75) is 43.9 Å². The maximum atomic E-state index is 5.90. The van der Waals surface area contributed by atoms with Gasteiger partial charge in [-0.15, -0.1) is 0 Å². The van der Waals surface area contributed by atoms with Crippen LogP contribution in [0.1, 0.15) is 36.3 Å². The van der Waals surface area contributed by atoms with E-state index in [4.69, 9.17) is 10.5 Å². The molecule has 2 aliphatic carbocycles. The molecule has 3 N–H and O–H groups in total. The maximum absolute atomic E-state index is 5.90. The summed E-state index contributed by atoms with van der Waals surface area (Å²) in [7, 11) is 0. The van der Waals surface area contributed by atoms with Gasteiger partial charge in [-0.1, -0.05) is 40.2 Å². The van der Waals surface area contributed by atoms with E-state index >= 15 is 0 Å². The fraction of sp³-hybridized carbons (Fsp3) is 0.429. The third kappa shape index (κ3) is 4.43. The summed E-state index contributed by atoms with van der Waals surface area (Å²) in [6.45, 7) is 1.35. The van der Waals surface area contributed by atoms with Crippen molar-refractivity contribution in [2.24, 2.45) is 11.7 Å². The van der Waals surface area contributed by atoms with Gasteiger partial charge in [-0.25, -0.2) is 0 Å². The van der Waals surface area contributed by atoms with Gasteiger partial charge in [-0.05, 0) is 60.6 Å². The average Bonchev–Trinajstić information content (AvgIpc) is 3.53. The summed E-state index contributed by atoms with van der Waals surface area (Å²) in [4.78, 5) is 0. The van der Waals surface area contributed by atoms with Crippen molar-refractivity contribution in [3.63, 3.8) is 0 Å². The SMILES string of the molecule is NCC(N[C@@H]1C[C@H]1c1ccc(OCc2cccc(Br)c2)cc1)C1CC1. The molecular formula is C21H25BrN2O. The van der Waals surface area contributed by atoms with E-state index in [1.54, 1.807) is 0 Å². The van der Waals surface area contributed by atoms with Gasteiger partial charge in [-0.2, -0.15) is 0 Å². The van der Waals surface area contributed by atoms with Gasteiger partial charge in [0.1, 0.15) is 12.4 Å². The van der Waals surface area contributed by atoms with Crippen LogP contribution in [0.25, 0.3) is 0 Å². The van der Waals surface area contributed by atoms with Gasteiger partial charge in [-0.3, -0.25) is 0 Å². The minimum atomic E-state index is 0.516. The average molecular weight is 401 g/mol. The predicted molar refractivity (Wildman–Crippen MR) is 105 cm³/mol. The lowest BCUT2D eigenvalue weighted by molar-refractivity contribution is 0.306. The third-order valence-electron chi connectivity index (χ3n) is 5.27. The van der Waals surface area contributed by atoms with E-state index in [1.165, 1.54) is 24.8 Å². The molecular weight excluding hydrogens is 376 g/mol. The molecule has 2 aromatic rings. The molecule has 0 amide bonds. The number of halogens is 1. The molecule has 2 aliphatic rings. The van der Waals surface area contributed by atoms with E-state index < -0.39 is 0 Å². The number of benzene rings is 2. The Morgan fingerprint density at radius 3 is 2.64 bits per heavy atom. The van der Waals surface area contributed by atoms with Gasteiger partial charge in [0.25, 0.3) is 0 Å². The number of hydrogen-bond donors (Lipinski definition) is 2. The first-order valence-electron chi connectivity index (χ1n) is 9.16. The van der Waals surface area contributed by atoms with Crippen molar-refractivity contribution in [3.05, 3.63) is 64.1 Å². The second-order valence-corrected chi connectivity index (χ2v) is 8.20. The van der Waals surface area contributed by atoms with Gasteiger partial charge in [0.2, 0.25) is 0 Å². The van der Waals surface area contributed by atoms with Crippen LogP contribution < -0.4 is 15.8 Å². The summed E-state index contributed by atoms with van der Waals surface area (Å²) in [5, 5.41) is 3.76. The van der Waals surface area contributed by atoms with E-state index in [1.807, 2.05) is 12.1 Å². The molecule has 2 fully saturated rings. The normalized spacial score (nSPS) is 23.3. The molecule has 1 unspecified atom stereocenters. The number of nitrogens with one attached hydrogen (secondary N) is 1. The molecule has 0 aliphatic heterocycles. The fourth-order valence-electron chi connectivity index (χ4n) is 3.52.